The lowest BCUT2D eigenvalue weighted by Gasteiger charge is -1.97. The van der Waals surface area contributed by atoms with Crippen LogP contribution in [0.3, 0.4) is 0 Å². The van der Waals surface area contributed by atoms with Gasteiger partial charge in [-0.1, -0.05) is 11.6 Å². The predicted molar refractivity (Wildman–Crippen MR) is 55.8 cm³/mol. The van der Waals surface area contributed by atoms with Gasteiger partial charge < -0.3 is 15.3 Å². The van der Waals surface area contributed by atoms with Gasteiger partial charge in [-0.25, -0.2) is 9.59 Å². The second-order valence-corrected chi connectivity index (χ2v) is 2.99. The summed E-state index contributed by atoms with van der Waals surface area (Å²) in [6, 6.07) is 1.47. The molecule has 0 aliphatic heterocycles. The summed E-state index contributed by atoms with van der Waals surface area (Å²) in [6.07, 6.45) is 2.02. The number of hydrogen-bond donors (Lipinski definition) is 3. The number of carboxylic acids is 2. The third-order valence-corrected chi connectivity index (χ3v) is 1.73. The molecule has 0 spiro atoms. The Morgan fingerprint density at radius 2 is 1.88 bits per heavy atom. The van der Waals surface area contributed by atoms with Gasteiger partial charge in [-0.05, 0) is 6.07 Å². The first-order chi connectivity index (χ1) is 7.92. The van der Waals surface area contributed by atoms with Crippen LogP contribution in [0.1, 0.15) is 16.1 Å². The zero-order chi connectivity index (χ0) is 13.4. The second kappa shape index (κ2) is 7.31. The van der Waals surface area contributed by atoms with Crippen molar-refractivity contribution in [2.45, 2.75) is 6.61 Å². The van der Waals surface area contributed by atoms with Crippen molar-refractivity contribution in [1.29, 1.82) is 0 Å². The smallest absolute Gasteiger partial charge is 0.414 e. The first-order valence-electron chi connectivity index (χ1n) is 4.09. The largest absolute Gasteiger partial charge is 0.473 e. The molecule has 0 saturated heterocycles. The van der Waals surface area contributed by atoms with Crippen LogP contribution in [0.5, 0.6) is 0 Å². The molecule has 0 atom stereocenters. The zero-order valence-electron chi connectivity index (χ0n) is 8.33. The van der Waals surface area contributed by atoms with Crippen molar-refractivity contribution in [3.8, 4) is 0 Å². The third kappa shape index (κ3) is 5.59. The summed E-state index contributed by atoms with van der Waals surface area (Å²) in [4.78, 5) is 32.2. The lowest BCUT2D eigenvalue weighted by molar-refractivity contribution is -0.159. The Bertz CT molecular complexity index is 421. The second-order valence-electron chi connectivity index (χ2n) is 2.58. The zero-order valence-corrected chi connectivity index (χ0v) is 9.09. The van der Waals surface area contributed by atoms with E-state index in [9.17, 15) is 4.79 Å². The number of nitrogens with zero attached hydrogens (tertiary/aromatic N) is 1. The van der Waals surface area contributed by atoms with Gasteiger partial charge >= 0.3 is 11.9 Å². The number of hydrogen-bond acceptors (Lipinski definition) is 5. The van der Waals surface area contributed by atoms with Gasteiger partial charge in [0, 0.05) is 11.8 Å². The summed E-state index contributed by atoms with van der Waals surface area (Å²) in [7, 11) is 0. The average molecular weight is 262 g/mol. The summed E-state index contributed by atoms with van der Waals surface area (Å²) < 4.78 is 0. The molecular weight excluding hydrogens is 254 g/mol. The molecular formula is C9H8ClNO6. The van der Waals surface area contributed by atoms with Crippen LogP contribution in [-0.2, 0) is 16.2 Å². The van der Waals surface area contributed by atoms with Crippen LogP contribution in [-0.4, -0.2) is 38.5 Å². The number of aliphatic hydroxyl groups excluding tert-OH is 1. The molecule has 0 aliphatic rings. The molecule has 0 fully saturated rings. The summed E-state index contributed by atoms with van der Waals surface area (Å²) in [5.74, 6) is -3.65. The van der Waals surface area contributed by atoms with Crippen LogP contribution >= 0.6 is 11.6 Å². The van der Waals surface area contributed by atoms with Crippen molar-refractivity contribution < 1.29 is 29.7 Å². The van der Waals surface area contributed by atoms with E-state index in [1.807, 2.05) is 0 Å². The van der Waals surface area contributed by atoms with Gasteiger partial charge in [0.15, 0.2) is 6.29 Å². The summed E-state index contributed by atoms with van der Waals surface area (Å²) in [6.45, 7) is -0.210. The molecule has 3 N–H and O–H groups in total. The number of carbonyl (C=O) groups excluding carboxylic acids is 1. The van der Waals surface area contributed by atoms with Gasteiger partial charge in [0.2, 0.25) is 0 Å². The monoisotopic (exact) mass is 261 g/mol. The fourth-order valence-electron chi connectivity index (χ4n) is 0.662. The highest BCUT2D eigenvalue weighted by atomic mass is 35.5. The van der Waals surface area contributed by atoms with Gasteiger partial charge in [-0.2, -0.15) is 0 Å². The van der Waals surface area contributed by atoms with Gasteiger partial charge in [0.1, 0.15) is 0 Å². The molecule has 92 valence electrons. The predicted octanol–water partition coefficient (Wildman–Crippen LogP) is 0.195. The van der Waals surface area contributed by atoms with E-state index < -0.39 is 11.9 Å². The van der Waals surface area contributed by atoms with Gasteiger partial charge in [0.25, 0.3) is 0 Å². The molecule has 0 radical (unpaired) electrons. The molecule has 0 saturated carbocycles. The van der Waals surface area contributed by atoms with E-state index in [2.05, 4.69) is 4.98 Å². The van der Waals surface area contributed by atoms with Crippen LogP contribution < -0.4 is 0 Å². The fourth-order valence-corrected chi connectivity index (χ4v) is 0.896. The molecule has 1 heterocycles. The third-order valence-electron chi connectivity index (χ3n) is 1.41. The van der Waals surface area contributed by atoms with Gasteiger partial charge in [0.05, 0.1) is 17.3 Å². The van der Waals surface area contributed by atoms with Crippen LogP contribution in [0.2, 0.25) is 5.02 Å². The lowest BCUT2D eigenvalue weighted by Crippen LogP contribution is -2.09. The molecule has 1 rings (SSSR count). The van der Waals surface area contributed by atoms with Crippen molar-refractivity contribution in [1.82, 2.24) is 4.98 Å². The van der Waals surface area contributed by atoms with Crippen LogP contribution in [0.25, 0.3) is 0 Å². The van der Waals surface area contributed by atoms with Gasteiger partial charge in [-0.15, -0.1) is 0 Å². The maximum Gasteiger partial charge on any atom is 0.414 e. The molecule has 8 heteroatoms. The van der Waals surface area contributed by atoms with Crippen molar-refractivity contribution in [3.63, 3.8) is 0 Å². The standard InChI is InChI=1S/C7H6ClNO2.C2H2O4/c8-6-1-5(3-10)2-9-7(6)4-11;3-1(4)2(5)6/h1-3,11H,4H2;(H,3,4)(H,5,6). The van der Waals surface area contributed by atoms with Crippen molar-refractivity contribution >= 4 is 29.8 Å². The SMILES string of the molecule is O=C(O)C(=O)O.O=Cc1cnc(CO)c(Cl)c1. The van der Waals surface area contributed by atoms with E-state index in [4.69, 9.17) is 36.5 Å². The molecule has 0 aromatic carbocycles. The summed E-state index contributed by atoms with van der Waals surface area (Å²) in [5.41, 5.74) is 0.796. The number of aldehydes is 1. The number of aliphatic hydroxyl groups is 1. The minimum Gasteiger partial charge on any atom is -0.473 e. The van der Waals surface area contributed by atoms with E-state index in [1.54, 1.807) is 0 Å². The topological polar surface area (TPSA) is 125 Å². The van der Waals surface area contributed by atoms with Crippen LogP contribution in [0, 0.1) is 0 Å². The number of carboxylic acid groups (broad SMARTS) is 2. The molecule has 1 aromatic rings. The Hall–Kier alpha value is -1.99. The first-order valence-corrected chi connectivity index (χ1v) is 4.46. The molecule has 17 heavy (non-hydrogen) atoms. The summed E-state index contributed by atoms with van der Waals surface area (Å²) >= 11 is 5.63. The average Bonchev–Trinajstić information content (AvgIpc) is 2.29. The van der Waals surface area contributed by atoms with E-state index in [0.29, 0.717) is 22.6 Å². The summed E-state index contributed by atoms with van der Waals surface area (Å²) in [5, 5.41) is 23.7. The minimum absolute atomic E-state index is 0.210. The highest BCUT2D eigenvalue weighted by molar-refractivity contribution is 6.31. The molecule has 7 nitrogen and oxygen atoms in total. The Balaban J connectivity index is 0.000000366. The van der Waals surface area contributed by atoms with Crippen molar-refractivity contribution in [2.24, 2.45) is 0 Å². The quantitative estimate of drug-likeness (QED) is 0.513. The van der Waals surface area contributed by atoms with Gasteiger partial charge in [-0.3, -0.25) is 9.78 Å². The maximum atomic E-state index is 10.2. The number of rotatable bonds is 2. The lowest BCUT2D eigenvalue weighted by atomic mass is 10.3. The van der Waals surface area contributed by atoms with E-state index in [1.165, 1.54) is 12.3 Å². The Kier molecular flexibility index (Phi) is 6.46. The van der Waals surface area contributed by atoms with Crippen LogP contribution in [0.4, 0.5) is 0 Å². The molecule has 1 aromatic heterocycles. The van der Waals surface area contributed by atoms with Crippen molar-refractivity contribution in [3.05, 3.63) is 28.5 Å². The number of aliphatic carboxylic acids is 2. The Morgan fingerprint density at radius 1 is 1.35 bits per heavy atom. The van der Waals surface area contributed by atoms with E-state index in [0.717, 1.165) is 0 Å². The number of aromatic nitrogens is 1. The highest BCUT2D eigenvalue weighted by Gasteiger charge is 2.04. The fraction of sp³-hybridized carbons (Fsp3) is 0.111. The normalized spacial score (nSPS) is 8.82. The van der Waals surface area contributed by atoms with E-state index in [-0.39, 0.29) is 6.61 Å². The number of carbonyl (C=O) groups is 3. The van der Waals surface area contributed by atoms with Crippen LogP contribution in [0.15, 0.2) is 12.3 Å². The maximum absolute atomic E-state index is 10.2. The minimum atomic E-state index is -1.82. The van der Waals surface area contributed by atoms with E-state index >= 15 is 0 Å². The Morgan fingerprint density at radius 3 is 2.18 bits per heavy atom. The molecule has 0 amide bonds. The van der Waals surface area contributed by atoms with Crippen molar-refractivity contribution in [2.75, 3.05) is 0 Å². The molecule has 0 unspecified atom stereocenters. The first kappa shape index (κ1) is 15.0. The highest BCUT2D eigenvalue weighted by Crippen LogP contribution is 2.13. The molecule has 0 bridgehead atoms. The number of halogens is 1. The number of pyridine rings is 1. The Labute approximate surface area is 100 Å². The molecule has 0 aliphatic carbocycles.